The Morgan fingerprint density at radius 3 is 2.93 bits per heavy atom. The lowest BCUT2D eigenvalue weighted by Gasteiger charge is -2.06. The van der Waals surface area contributed by atoms with Gasteiger partial charge in [0.1, 0.15) is 0 Å². The third-order valence-corrected chi connectivity index (χ3v) is 2.05. The summed E-state index contributed by atoms with van der Waals surface area (Å²) in [6.45, 7) is 4.18. The molecule has 0 aliphatic heterocycles. The quantitative estimate of drug-likeness (QED) is 0.769. The fourth-order valence-electron chi connectivity index (χ4n) is 1.36. The summed E-state index contributed by atoms with van der Waals surface area (Å²) in [7, 11) is 0. The lowest BCUT2D eigenvalue weighted by molar-refractivity contribution is -0.116. The number of benzene rings is 1. The normalized spacial score (nSPS) is 10.0. The van der Waals surface area contributed by atoms with E-state index < -0.39 is 0 Å². The summed E-state index contributed by atoms with van der Waals surface area (Å²) >= 11 is 0. The van der Waals surface area contributed by atoms with Gasteiger partial charge in [0.25, 0.3) is 0 Å². The van der Waals surface area contributed by atoms with Crippen LogP contribution in [0, 0.1) is 6.92 Å². The van der Waals surface area contributed by atoms with E-state index in [1.807, 2.05) is 24.3 Å². The Balaban J connectivity index is 2.60. The summed E-state index contributed by atoms with van der Waals surface area (Å²) in [5, 5.41) is 2.80. The van der Waals surface area contributed by atoms with Crippen molar-refractivity contribution in [2.45, 2.75) is 19.3 Å². The first kappa shape index (κ1) is 11.7. The number of carbonyl (C=O) groups excluding carboxylic acids is 1. The highest BCUT2D eigenvalue weighted by Gasteiger charge is 2.00. The van der Waals surface area contributed by atoms with Gasteiger partial charge in [-0.05, 0) is 30.5 Å². The highest BCUT2D eigenvalue weighted by Crippen LogP contribution is 2.12. The van der Waals surface area contributed by atoms with Crippen molar-refractivity contribution in [3.05, 3.63) is 36.8 Å². The van der Waals surface area contributed by atoms with Gasteiger partial charge < -0.3 is 11.1 Å². The molecule has 0 saturated heterocycles. The molecule has 0 spiro atoms. The SMILES string of the molecule is [CH2]CCc1cccc(NC(=O)CCN)c1. The maximum atomic E-state index is 11.3. The Morgan fingerprint density at radius 2 is 2.27 bits per heavy atom. The van der Waals surface area contributed by atoms with Gasteiger partial charge in [-0.2, -0.15) is 0 Å². The van der Waals surface area contributed by atoms with Crippen molar-refractivity contribution < 1.29 is 4.79 Å². The molecule has 1 amide bonds. The molecular formula is C12H17N2O. The molecule has 1 aromatic rings. The first-order valence-electron chi connectivity index (χ1n) is 5.14. The van der Waals surface area contributed by atoms with Crippen LogP contribution in [0.2, 0.25) is 0 Å². The van der Waals surface area contributed by atoms with Gasteiger partial charge in [-0.1, -0.05) is 19.1 Å². The zero-order chi connectivity index (χ0) is 11.1. The fourth-order valence-corrected chi connectivity index (χ4v) is 1.36. The van der Waals surface area contributed by atoms with Crippen LogP contribution in [0.1, 0.15) is 18.4 Å². The van der Waals surface area contributed by atoms with Gasteiger partial charge in [0.15, 0.2) is 0 Å². The number of amides is 1. The predicted molar refractivity (Wildman–Crippen MR) is 62.4 cm³/mol. The average molecular weight is 205 g/mol. The molecule has 0 aliphatic carbocycles. The fraction of sp³-hybridized carbons (Fsp3) is 0.333. The minimum Gasteiger partial charge on any atom is -0.330 e. The Kier molecular flexibility index (Phi) is 4.84. The number of nitrogens with one attached hydrogen (secondary N) is 1. The first-order chi connectivity index (χ1) is 7.26. The maximum Gasteiger partial charge on any atom is 0.225 e. The van der Waals surface area contributed by atoms with Gasteiger partial charge in [-0.3, -0.25) is 4.79 Å². The lowest BCUT2D eigenvalue weighted by atomic mass is 10.1. The zero-order valence-electron chi connectivity index (χ0n) is 8.83. The van der Waals surface area contributed by atoms with E-state index >= 15 is 0 Å². The zero-order valence-corrected chi connectivity index (χ0v) is 8.83. The second-order valence-corrected chi connectivity index (χ2v) is 3.39. The van der Waals surface area contributed by atoms with E-state index in [9.17, 15) is 4.79 Å². The van der Waals surface area contributed by atoms with E-state index in [1.54, 1.807) is 0 Å². The second-order valence-electron chi connectivity index (χ2n) is 3.39. The molecule has 0 aromatic heterocycles. The van der Waals surface area contributed by atoms with E-state index in [4.69, 9.17) is 5.73 Å². The first-order valence-corrected chi connectivity index (χ1v) is 5.14. The van der Waals surface area contributed by atoms with Crippen molar-refractivity contribution >= 4 is 11.6 Å². The number of aryl methyl sites for hydroxylation is 1. The van der Waals surface area contributed by atoms with Crippen molar-refractivity contribution in [3.63, 3.8) is 0 Å². The minimum absolute atomic E-state index is 0.0377. The minimum atomic E-state index is -0.0377. The molecule has 1 rings (SSSR count). The van der Waals surface area contributed by atoms with Crippen LogP contribution in [-0.2, 0) is 11.2 Å². The van der Waals surface area contributed by atoms with Crippen LogP contribution >= 0.6 is 0 Å². The van der Waals surface area contributed by atoms with E-state index in [0.29, 0.717) is 13.0 Å². The van der Waals surface area contributed by atoms with Crippen molar-refractivity contribution in [2.75, 3.05) is 11.9 Å². The van der Waals surface area contributed by atoms with E-state index in [0.717, 1.165) is 18.5 Å². The summed E-state index contributed by atoms with van der Waals surface area (Å²) in [6, 6.07) is 7.81. The lowest BCUT2D eigenvalue weighted by Crippen LogP contribution is -2.16. The number of rotatable bonds is 5. The number of anilines is 1. The van der Waals surface area contributed by atoms with E-state index in [1.165, 1.54) is 5.56 Å². The standard InChI is InChI=1S/C12H17N2O/c1-2-4-10-5-3-6-11(9-10)14-12(15)7-8-13/h3,5-6,9H,1-2,4,7-8,13H2,(H,14,15). The Hall–Kier alpha value is -1.35. The molecule has 3 nitrogen and oxygen atoms in total. The molecule has 0 heterocycles. The molecular weight excluding hydrogens is 188 g/mol. The van der Waals surface area contributed by atoms with Crippen molar-refractivity contribution in [2.24, 2.45) is 5.73 Å². The molecule has 15 heavy (non-hydrogen) atoms. The van der Waals surface area contributed by atoms with Gasteiger partial charge in [-0.25, -0.2) is 0 Å². The van der Waals surface area contributed by atoms with Gasteiger partial charge in [0.05, 0.1) is 0 Å². The molecule has 0 fully saturated rings. The summed E-state index contributed by atoms with van der Waals surface area (Å²) < 4.78 is 0. The van der Waals surface area contributed by atoms with Crippen molar-refractivity contribution in [1.82, 2.24) is 0 Å². The molecule has 81 valence electrons. The van der Waals surface area contributed by atoms with Crippen molar-refractivity contribution in [1.29, 1.82) is 0 Å². The summed E-state index contributed by atoms with van der Waals surface area (Å²) in [6.07, 6.45) is 2.15. The molecule has 1 aromatic carbocycles. The Morgan fingerprint density at radius 1 is 1.47 bits per heavy atom. The largest absolute Gasteiger partial charge is 0.330 e. The molecule has 0 atom stereocenters. The highest BCUT2D eigenvalue weighted by atomic mass is 16.1. The Labute approximate surface area is 90.7 Å². The summed E-state index contributed by atoms with van der Waals surface area (Å²) in [4.78, 5) is 11.3. The van der Waals surface area contributed by atoms with Gasteiger partial charge in [0.2, 0.25) is 5.91 Å². The number of hydrogen-bond acceptors (Lipinski definition) is 2. The number of nitrogens with two attached hydrogens (primary N) is 1. The average Bonchev–Trinajstić information content (AvgIpc) is 2.19. The van der Waals surface area contributed by atoms with Crippen LogP contribution in [0.25, 0.3) is 0 Å². The summed E-state index contributed by atoms with van der Waals surface area (Å²) in [5.41, 5.74) is 7.31. The third-order valence-electron chi connectivity index (χ3n) is 2.05. The Bertz CT molecular complexity index is 323. The topological polar surface area (TPSA) is 55.1 Å². The molecule has 0 bridgehead atoms. The second kappa shape index (κ2) is 6.19. The van der Waals surface area contributed by atoms with Crippen LogP contribution in [0.4, 0.5) is 5.69 Å². The summed E-state index contributed by atoms with van der Waals surface area (Å²) in [5.74, 6) is -0.0377. The van der Waals surface area contributed by atoms with Gasteiger partial charge in [0, 0.05) is 18.7 Å². The van der Waals surface area contributed by atoms with Crippen LogP contribution in [-0.4, -0.2) is 12.5 Å². The highest BCUT2D eigenvalue weighted by molar-refractivity contribution is 5.90. The number of carbonyl (C=O) groups is 1. The molecule has 0 aliphatic rings. The molecule has 3 heteroatoms. The van der Waals surface area contributed by atoms with Gasteiger partial charge in [-0.15, -0.1) is 0 Å². The van der Waals surface area contributed by atoms with Crippen LogP contribution in [0.5, 0.6) is 0 Å². The van der Waals surface area contributed by atoms with Crippen molar-refractivity contribution in [3.8, 4) is 0 Å². The van der Waals surface area contributed by atoms with Crippen LogP contribution in [0.15, 0.2) is 24.3 Å². The third kappa shape index (κ3) is 4.13. The molecule has 0 saturated carbocycles. The molecule has 0 unspecified atom stereocenters. The van der Waals surface area contributed by atoms with E-state index in [2.05, 4.69) is 12.2 Å². The smallest absolute Gasteiger partial charge is 0.225 e. The van der Waals surface area contributed by atoms with Crippen LogP contribution < -0.4 is 11.1 Å². The maximum absolute atomic E-state index is 11.3. The number of hydrogen-bond donors (Lipinski definition) is 2. The van der Waals surface area contributed by atoms with E-state index in [-0.39, 0.29) is 5.91 Å². The molecule has 3 N–H and O–H groups in total. The molecule has 1 radical (unpaired) electrons. The monoisotopic (exact) mass is 205 g/mol. The predicted octanol–water partition coefficient (Wildman–Crippen LogP) is 1.74. The van der Waals surface area contributed by atoms with Crippen LogP contribution in [0.3, 0.4) is 0 Å². The van der Waals surface area contributed by atoms with Gasteiger partial charge >= 0.3 is 0 Å².